The van der Waals surface area contributed by atoms with Crippen LogP contribution in [0.3, 0.4) is 0 Å². The maximum atomic E-state index is 6.28. The van der Waals surface area contributed by atoms with E-state index in [2.05, 4.69) is 168 Å². The summed E-state index contributed by atoms with van der Waals surface area (Å²) < 4.78 is 8.60. The monoisotopic (exact) mass is 642 g/mol. The molecule has 0 saturated heterocycles. The number of hydrogen-bond acceptors (Lipinski definition) is 4. The van der Waals surface area contributed by atoms with Crippen molar-refractivity contribution in [2.75, 3.05) is 0 Å². The molecule has 0 bridgehead atoms. The van der Waals surface area contributed by atoms with Crippen LogP contribution in [0.15, 0.2) is 170 Å². The molecule has 0 radical (unpaired) electrons. The highest BCUT2D eigenvalue weighted by atomic mass is 16.5. The lowest BCUT2D eigenvalue weighted by Gasteiger charge is -2.14. The molecule has 236 valence electrons. The predicted molar refractivity (Wildman–Crippen MR) is 201 cm³/mol. The van der Waals surface area contributed by atoms with Crippen molar-refractivity contribution in [2.45, 2.75) is 12.0 Å². The van der Waals surface area contributed by atoms with Crippen LogP contribution in [0.2, 0.25) is 0 Å². The van der Waals surface area contributed by atoms with Crippen LogP contribution in [0, 0.1) is 0 Å². The van der Waals surface area contributed by atoms with Gasteiger partial charge in [-0.2, -0.15) is 0 Å². The average Bonchev–Trinajstić information content (AvgIpc) is 3.74. The second kappa shape index (κ2) is 11.5. The number of rotatable bonds is 5. The maximum Gasteiger partial charge on any atom is 0.164 e. The summed E-state index contributed by atoms with van der Waals surface area (Å²) in [5.74, 6) is 2.95. The van der Waals surface area contributed by atoms with Crippen LogP contribution >= 0.6 is 0 Å². The average molecular weight is 643 g/mol. The van der Waals surface area contributed by atoms with Crippen LogP contribution in [0.1, 0.15) is 11.5 Å². The third-order valence-electron chi connectivity index (χ3n) is 9.79. The molecule has 2 atom stereocenters. The Labute approximate surface area is 289 Å². The molecule has 2 aromatic heterocycles. The summed E-state index contributed by atoms with van der Waals surface area (Å²) in [4.78, 5) is 15.6. The number of hydrogen-bond donors (Lipinski definition) is 0. The minimum Gasteiger partial charge on any atom is -0.485 e. The first-order chi connectivity index (χ1) is 24.8. The van der Waals surface area contributed by atoms with Crippen molar-refractivity contribution >= 4 is 21.8 Å². The van der Waals surface area contributed by atoms with Crippen molar-refractivity contribution in [3.8, 4) is 56.7 Å². The van der Waals surface area contributed by atoms with Gasteiger partial charge in [-0.1, -0.05) is 115 Å². The normalized spacial score (nSPS) is 16.0. The SMILES string of the molecule is C1=CC2Oc3ccc(-c4nc(-c5cccc(-c6ccccc6)c5)nc(-c5cccc6c5c5ccccc5n6-c5ccccc5)n4)cc3C2C=C1. The van der Waals surface area contributed by atoms with Gasteiger partial charge in [-0.25, -0.2) is 15.0 Å². The van der Waals surface area contributed by atoms with Crippen molar-refractivity contribution in [3.05, 3.63) is 175 Å². The van der Waals surface area contributed by atoms with Crippen LogP contribution in [0.25, 0.3) is 72.8 Å². The van der Waals surface area contributed by atoms with E-state index in [1.165, 1.54) is 0 Å². The Morgan fingerprint density at radius 1 is 0.500 bits per heavy atom. The van der Waals surface area contributed by atoms with Gasteiger partial charge in [0.2, 0.25) is 0 Å². The molecule has 1 aliphatic carbocycles. The van der Waals surface area contributed by atoms with Crippen LogP contribution < -0.4 is 4.74 Å². The van der Waals surface area contributed by atoms with Crippen LogP contribution in [-0.4, -0.2) is 25.6 Å². The lowest BCUT2D eigenvalue weighted by Crippen LogP contribution is -2.15. The Kier molecular flexibility index (Phi) is 6.56. The van der Waals surface area contributed by atoms with Gasteiger partial charge in [0.05, 0.1) is 11.0 Å². The lowest BCUT2D eigenvalue weighted by molar-refractivity contribution is 0.269. The molecule has 10 rings (SSSR count). The number of nitrogens with zero attached hydrogens (tertiary/aromatic N) is 4. The van der Waals surface area contributed by atoms with Crippen LogP contribution in [0.4, 0.5) is 0 Å². The number of fused-ring (bicyclic) bond motifs is 6. The van der Waals surface area contributed by atoms with Crippen molar-refractivity contribution < 1.29 is 4.74 Å². The number of aromatic nitrogens is 4. The summed E-state index contributed by atoms with van der Waals surface area (Å²) in [7, 11) is 0. The summed E-state index contributed by atoms with van der Waals surface area (Å²) in [5, 5.41) is 2.26. The fourth-order valence-corrected chi connectivity index (χ4v) is 7.47. The first-order valence-electron chi connectivity index (χ1n) is 16.9. The minimum atomic E-state index is 0.00925. The summed E-state index contributed by atoms with van der Waals surface area (Å²) in [6.45, 7) is 0. The molecule has 2 unspecified atom stereocenters. The first-order valence-corrected chi connectivity index (χ1v) is 16.9. The number of para-hydroxylation sites is 2. The van der Waals surface area contributed by atoms with Gasteiger partial charge in [-0.3, -0.25) is 0 Å². The maximum absolute atomic E-state index is 6.28. The standard InChI is InChI=1S/C45H30N4O/c1-3-13-29(14-4-1)30-15-11-16-31(27-30)43-46-44(32-25-26-41-37(28-32)34-19-8-10-24-40(34)50-41)48-45(47-43)36-21-12-23-39-42(36)35-20-7-9-22-38(35)49(39)33-17-5-2-6-18-33/h1-28,34,40H. The van der Waals surface area contributed by atoms with Gasteiger partial charge in [0.25, 0.3) is 0 Å². The molecule has 0 amide bonds. The van der Waals surface area contributed by atoms with Gasteiger partial charge in [0, 0.05) is 44.6 Å². The molecule has 8 aromatic rings. The third kappa shape index (κ3) is 4.66. The number of allylic oxidation sites excluding steroid dienone is 2. The van der Waals surface area contributed by atoms with Crippen molar-refractivity contribution in [1.82, 2.24) is 19.5 Å². The fourth-order valence-electron chi connectivity index (χ4n) is 7.47. The Bertz CT molecular complexity index is 2640. The molecule has 5 nitrogen and oxygen atoms in total. The zero-order valence-corrected chi connectivity index (χ0v) is 27.0. The summed E-state index contributed by atoms with van der Waals surface area (Å²) in [5.41, 5.74) is 9.56. The second-order valence-corrected chi connectivity index (χ2v) is 12.8. The van der Waals surface area contributed by atoms with Gasteiger partial charge in [-0.15, -0.1) is 0 Å². The number of ether oxygens (including phenoxy) is 1. The van der Waals surface area contributed by atoms with E-state index in [9.17, 15) is 0 Å². The zero-order valence-electron chi connectivity index (χ0n) is 27.0. The highest BCUT2D eigenvalue weighted by molar-refractivity contribution is 6.15. The summed E-state index contributed by atoms with van der Waals surface area (Å²) in [6.07, 6.45) is 8.49. The molecule has 6 aromatic carbocycles. The Hall–Kier alpha value is -6.59. The Morgan fingerprint density at radius 3 is 2.02 bits per heavy atom. The van der Waals surface area contributed by atoms with Gasteiger partial charge in [-0.05, 0) is 65.7 Å². The molecule has 5 heteroatoms. The summed E-state index contributed by atoms with van der Waals surface area (Å²) >= 11 is 0. The van der Waals surface area contributed by atoms with Crippen molar-refractivity contribution in [1.29, 1.82) is 0 Å². The van der Waals surface area contributed by atoms with Crippen molar-refractivity contribution in [3.63, 3.8) is 0 Å². The third-order valence-corrected chi connectivity index (χ3v) is 9.79. The van der Waals surface area contributed by atoms with E-state index >= 15 is 0 Å². The van der Waals surface area contributed by atoms with E-state index in [0.717, 1.165) is 66.6 Å². The van der Waals surface area contributed by atoms with Gasteiger partial charge in [0.1, 0.15) is 11.9 Å². The van der Waals surface area contributed by atoms with E-state index in [4.69, 9.17) is 19.7 Å². The molecule has 2 aliphatic rings. The molecule has 3 heterocycles. The molecule has 50 heavy (non-hydrogen) atoms. The lowest BCUT2D eigenvalue weighted by atomic mass is 9.91. The van der Waals surface area contributed by atoms with Gasteiger partial charge < -0.3 is 9.30 Å². The largest absolute Gasteiger partial charge is 0.485 e. The minimum absolute atomic E-state index is 0.00925. The molecule has 0 fully saturated rings. The fraction of sp³-hybridized carbons (Fsp3) is 0.0444. The summed E-state index contributed by atoms with van der Waals surface area (Å²) in [6, 6.07) is 50.7. The molecule has 1 aliphatic heterocycles. The highest BCUT2D eigenvalue weighted by Crippen LogP contribution is 2.43. The topological polar surface area (TPSA) is 52.8 Å². The Balaban J connectivity index is 1.21. The van der Waals surface area contributed by atoms with Crippen molar-refractivity contribution in [2.24, 2.45) is 0 Å². The van der Waals surface area contributed by atoms with Crippen LogP contribution in [-0.2, 0) is 0 Å². The smallest absolute Gasteiger partial charge is 0.164 e. The van der Waals surface area contributed by atoms with E-state index in [1.54, 1.807) is 0 Å². The molecular weight excluding hydrogens is 613 g/mol. The van der Waals surface area contributed by atoms with E-state index in [-0.39, 0.29) is 12.0 Å². The molecular formula is C45H30N4O. The quantitative estimate of drug-likeness (QED) is 0.187. The molecule has 0 N–H and O–H groups in total. The molecule has 0 spiro atoms. The van der Waals surface area contributed by atoms with E-state index < -0.39 is 0 Å². The van der Waals surface area contributed by atoms with Gasteiger partial charge in [0.15, 0.2) is 17.5 Å². The Morgan fingerprint density at radius 2 is 1.16 bits per heavy atom. The first kappa shape index (κ1) is 28.4. The predicted octanol–water partition coefficient (Wildman–Crippen LogP) is 10.6. The van der Waals surface area contributed by atoms with E-state index in [1.807, 2.05) is 6.07 Å². The molecule has 0 saturated carbocycles. The second-order valence-electron chi connectivity index (χ2n) is 12.8. The van der Waals surface area contributed by atoms with E-state index in [0.29, 0.717) is 17.5 Å². The zero-order chi connectivity index (χ0) is 33.0. The van der Waals surface area contributed by atoms with Crippen LogP contribution in [0.5, 0.6) is 5.75 Å². The van der Waals surface area contributed by atoms with Gasteiger partial charge >= 0.3 is 0 Å². The highest BCUT2D eigenvalue weighted by Gasteiger charge is 2.32. The number of benzene rings is 6.